The van der Waals surface area contributed by atoms with Gasteiger partial charge in [0.05, 0.1) is 11.7 Å². The zero-order valence-corrected chi connectivity index (χ0v) is 10.0. The highest BCUT2D eigenvalue weighted by Crippen LogP contribution is 2.21. The number of rotatable bonds is 3. The van der Waals surface area contributed by atoms with Gasteiger partial charge in [0.2, 0.25) is 0 Å². The van der Waals surface area contributed by atoms with Crippen molar-refractivity contribution < 1.29 is 0 Å². The summed E-state index contributed by atoms with van der Waals surface area (Å²) in [4.78, 5) is 8.38. The molecule has 0 radical (unpaired) electrons. The maximum absolute atomic E-state index is 5.91. The van der Waals surface area contributed by atoms with E-state index in [0.717, 1.165) is 11.1 Å². The van der Waals surface area contributed by atoms with Crippen molar-refractivity contribution in [2.45, 2.75) is 19.9 Å². The largest absolute Gasteiger partial charge is 0.396 e. The molecule has 2 aromatic heterocycles. The van der Waals surface area contributed by atoms with Crippen LogP contribution in [-0.2, 0) is 0 Å². The molecule has 4 heteroatoms. The number of nitrogens with two attached hydrogens (primary N) is 1. The van der Waals surface area contributed by atoms with Crippen LogP contribution in [0.5, 0.6) is 0 Å². The van der Waals surface area contributed by atoms with Crippen LogP contribution in [0, 0.1) is 6.92 Å². The van der Waals surface area contributed by atoms with E-state index in [-0.39, 0.29) is 6.04 Å². The Morgan fingerprint density at radius 1 is 1.35 bits per heavy atom. The van der Waals surface area contributed by atoms with Gasteiger partial charge < -0.3 is 11.1 Å². The van der Waals surface area contributed by atoms with Gasteiger partial charge in [0, 0.05) is 18.6 Å². The molecule has 88 valence electrons. The lowest BCUT2D eigenvalue weighted by Gasteiger charge is -2.16. The quantitative estimate of drug-likeness (QED) is 0.847. The Morgan fingerprint density at radius 3 is 2.82 bits per heavy atom. The van der Waals surface area contributed by atoms with Gasteiger partial charge in [-0.05, 0) is 37.1 Å². The molecular weight excluding hydrogens is 212 g/mol. The van der Waals surface area contributed by atoms with Crippen LogP contribution in [-0.4, -0.2) is 9.97 Å². The molecule has 0 aliphatic heterocycles. The van der Waals surface area contributed by atoms with Crippen LogP contribution in [0.3, 0.4) is 0 Å². The Balaban J connectivity index is 2.16. The zero-order chi connectivity index (χ0) is 12.3. The number of anilines is 2. The van der Waals surface area contributed by atoms with Gasteiger partial charge in [-0.1, -0.05) is 6.07 Å². The van der Waals surface area contributed by atoms with Crippen molar-refractivity contribution >= 4 is 11.5 Å². The van der Waals surface area contributed by atoms with E-state index in [1.807, 2.05) is 31.3 Å². The maximum Gasteiger partial charge on any atom is 0.149 e. The molecule has 17 heavy (non-hydrogen) atoms. The molecule has 0 saturated heterocycles. The van der Waals surface area contributed by atoms with Gasteiger partial charge in [-0.3, -0.25) is 4.98 Å². The Morgan fingerprint density at radius 2 is 2.18 bits per heavy atom. The van der Waals surface area contributed by atoms with E-state index in [4.69, 9.17) is 5.73 Å². The third-order valence-corrected chi connectivity index (χ3v) is 2.59. The topological polar surface area (TPSA) is 63.8 Å². The predicted octanol–water partition coefficient (Wildman–Crippen LogP) is 2.54. The van der Waals surface area contributed by atoms with Crippen LogP contribution < -0.4 is 11.1 Å². The fraction of sp³-hybridized carbons (Fsp3) is 0.231. The summed E-state index contributed by atoms with van der Waals surface area (Å²) >= 11 is 0. The molecule has 2 aromatic rings. The van der Waals surface area contributed by atoms with Gasteiger partial charge in [-0.15, -0.1) is 0 Å². The summed E-state index contributed by atoms with van der Waals surface area (Å²) < 4.78 is 0. The summed E-state index contributed by atoms with van der Waals surface area (Å²) in [6, 6.07) is 5.97. The number of nitrogens with one attached hydrogen (secondary N) is 1. The molecule has 0 bridgehead atoms. The van der Waals surface area contributed by atoms with Crippen LogP contribution in [0.25, 0.3) is 0 Å². The average molecular weight is 228 g/mol. The summed E-state index contributed by atoms with van der Waals surface area (Å²) in [6.45, 7) is 4.02. The normalized spacial score (nSPS) is 12.1. The van der Waals surface area contributed by atoms with Gasteiger partial charge in [0.25, 0.3) is 0 Å². The smallest absolute Gasteiger partial charge is 0.149 e. The monoisotopic (exact) mass is 228 g/mol. The van der Waals surface area contributed by atoms with E-state index in [9.17, 15) is 0 Å². The van der Waals surface area contributed by atoms with E-state index < -0.39 is 0 Å². The molecule has 3 N–H and O–H groups in total. The Bertz CT molecular complexity index is 496. The highest BCUT2D eigenvalue weighted by molar-refractivity contribution is 5.62. The Hall–Kier alpha value is -2.10. The second-order valence-corrected chi connectivity index (χ2v) is 4.10. The first-order valence-electron chi connectivity index (χ1n) is 5.55. The predicted molar refractivity (Wildman–Crippen MR) is 69.7 cm³/mol. The number of nitrogens with zero attached hydrogens (tertiary/aromatic N) is 2. The first-order chi connectivity index (χ1) is 8.16. The van der Waals surface area contributed by atoms with Gasteiger partial charge in [-0.25, -0.2) is 4.98 Å². The van der Waals surface area contributed by atoms with Crippen LogP contribution in [0.15, 0.2) is 36.8 Å². The van der Waals surface area contributed by atoms with E-state index >= 15 is 0 Å². The third kappa shape index (κ3) is 2.72. The zero-order valence-electron chi connectivity index (χ0n) is 10.0. The molecular formula is C13H16N4. The highest BCUT2D eigenvalue weighted by atomic mass is 15.0. The number of hydrogen-bond donors (Lipinski definition) is 2. The molecule has 2 rings (SSSR count). The number of nitrogen functional groups attached to an aromatic ring is 1. The van der Waals surface area contributed by atoms with E-state index in [2.05, 4.69) is 22.2 Å². The van der Waals surface area contributed by atoms with Crippen molar-refractivity contribution in [3.8, 4) is 0 Å². The van der Waals surface area contributed by atoms with E-state index in [0.29, 0.717) is 11.5 Å². The Labute approximate surface area is 101 Å². The van der Waals surface area contributed by atoms with Crippen LogP contribution in [0.2, 0.25) is 0 Å². The van der Waals surface area contributed by atoms with Crippen LogP contribution >= 0.6 is 0 Å². The molecule has 1 atom stereocenters. The summed E-state index contributed by atoms with van der Waals surface area (Å²) in [5.74, 6) is 0.715. The lowest BCUT2D eigenvalue weighted by atomic mass is 10.1. The third-order valence-electron chi connectivity index (χ3n) is 2.59. The standard InChI is InChI=1S/C13H16N4/c1-9-6-12(14)13(16-7-9)17-10(2)11-4-3-5-15-8-11/h3-8,10H,14H2,1-2H3,(H,16,17). The molecule has 0 spiro atoms. The first kappa shape index (κ1) is 11.4. The molecule has 0 aliphatic rings. The van der Waals surface area contributed by atoms with Crippen molar-refractivity contribution in [2.24, 2.45) is 0 Å². The summed E-state index contributed by atoms with van der Waals surface area (Å²) in [6.07, 6.45) is 5.39. The Kier molecular flexibility index (Phi) is 3.23. The minimum atomic E-state index is 0.126. The minimum absolute atomic E-state index is 0.126. The second kappa shape index (κ2) is 4.82. The van der Waals surface area contributed by atoms with Crippen molar-refractivity contribution in [3.63, 3.8) is 0 Å². The number of aryl methyl sites for hydroxylation is 1. The van der Waals surface area contributed by atoms with Crippen LogP contribution in [0.4, 0.5) is 11.5 Å². The highest BCUT2D eigenvalue weighted by Gasteiger charge is 2.08. The minimum Gasteiger partial charge on any atom is -0.396 e. The van der Waals surface area contributed by atoms with Crippen molar-refractivity contribution in [3.05, 3.63) is 47.9 Å². The fourth-order valence-corrected chi connectivity index (χ4v) is 1.63. The van der Waals surface area contributed by atoms with Gasteiger partial charge in [0.1, 0.15) is 5.82 Å². The molecule has 0 fully saturated rings. The summed E-state index contributed by atoms with van der Waals surface area (Å²) in [7, 11) is 0. The van der Waals surface area contributed by atoms with Crippen LogP contribution in [0.1, 0.15) is 24.1 Å². The van der Waals surface area contributed by atoms with Crippen molar-refractivity contribution in [2.75, 3.05) is 11.1 Å². The van der Waals surface area contributed by atoms with Crippen molar-refractivity contribution in [1.29, 1.82) is 0 Å². The number of aromatic nitrogens is 2. The van der Waals surface area contributed by atoms with Gasteiger partial charge in [0.15, 0.2) is 0 Å². The summed E-state index contributed by atoms with van der Waals surface area (Å²) in [5.41, 5.74) is 8.74. The fourth-order valence-electron chi connectivity index (χ4n) is 1.63. The molecule has 2 heterocycles. The van der Waals surface area contributed by atoms with Gasteiger partial charge in [-0.2, -0.15) is 0 Å². The maximum atomic E-state index is 5.91. The van der Waals surface area contributed by atoms with E-state index in [1.54, 1.807) is 12.4 Å². The lowest BCUT2D eigenvalue weighted by molar-refractivity contribution is 0.867. The first-order valence-corrected chi connectivity index (χ1v) is 5.55. The van der Waals surface area contributed by atoms with Gasteiger partial charge >= 0.3 is 0 Å². The molecule has 0 saturated carbocycles. The molecule has 1 unspecified atom stereocenters. The lowest BCUT2D eigenvalue weighted by Crippen LogP contribution is -2.10. The number of pyridine rings is 2. The SMILES string of the molecule is Cc1cnc(NC(C)c2cccnc2)c(N)c1. The summed E-state index contributed by atoms with van der Waals surface area (Å²) in [5, 5.41) is 3.28. The molecule has 0 amide bonds. The molecule has 0 aromatic carbocycles. The van der Waals surface area contributed by atoms with E-state index in [1.165, 1.54) is 0 Å². The molecule has 0 aliphatic carbocycles. The average Bonchev–Trinajstić information content (AvgIpc) is 2.34. The number of hydrogen-bond acceptors (Lipinski definition) is 4. The second-order valence-electron chi connectivity index (χ2n) is 4.10. The van der Waals surface area contributed by atoms with Crippen molar-refractivity contribution in [1.82, 2.24) is 9.97 Å². The molecule has 4 nitrogen and oxygen atoms in total.